The minimum absolute atomic E-state index is 0.430. The van der Waals surface area contributed by atoms with Crippen LogP contribution < -0.4 is 4.90 Å². The van der Waals surface area contributed by atoms with E-state index in [1.807, 2.05) is 7.11 Å². The molecule has 3 rings (SSSR count). The molecule has 1 aromatic heterocycles. The Balaban J connectivity index is 1.71. The molecule has 1 saturated carbocycles. The maximum absolute atomic E-state index is 5.72. The number of piperidine rings is 1. The summed E-state index contributed by atoms with van der Waals surface area (Å²) in [5.41, 5.74) is 0. The number of methoxy groups -OCH3 is 1. The highest BCUT2D eigenvalue weighted by Crippen LogP contribution is 2.39. The third kappa shape index (κ3) is 2.00. The van der Waals surface area contributed by atoms with Crippen LogP contribution in [0.5, 0.6) is 0 Å². The first-order chi connectivity index (χ1) is 8.81. The normalized spacial score (nSPS) is 31.0. The van der Waals surface area contributed by atoms with Gasteiger partial charge in [0.2, 0.25) is 5.89 Å². The zero-order valence-corrected chi connectivity index (χ0v) is 11.1. The quantitative estimate of drug-likeness (QED) is 0.818. The van der Waals surface area contributed by atoms with Crippen LogP contribution in [0.15, 0.2) is 4.42 Å². The van der Waals surface area contributed by atoms with Crippen LogP contribution in [0, 0.1) is 11.8 Å². The predicted octanol–water partition coefficient (Wildman–Crippen LogP) is 1.88. The lowest BCUT2D eigenvalue weighted by Gasteiger charge is -2.36. The van der Waals surface area contributed by atoms with Gasteiger partial charge >= 0.3 is 6.01 Å². The van der Waals surface area contributed by atoms with Crippen LogP contribution >= 0.6 is 0 Å². The summed E-state index contributed by atoms with van der Waals surface area (Å²) in [6.07, 6.45) is 4.86. The molecule has 0 aromatic carbocycles. The van der Waals surface area contributed by atoms with Gasteiger partial charge in [0.15, 0.2) is 0 Å². The predicted molar refractivity (Wildman–Crippen MR) is 67.5 cm³/mol. The van der Waals surface area contributed by atoms with Crippen molar-refractivity contribution in [1.29, 1.82) is 0 Å². The molecule has 5 nitrogen and oxygen atoms in total. The van der Waals surface area contributed by atoms with Gasteiger partial charge in [0.1, 0.15) is 0 Å². The molecule has 0 radical (unpaired) electrons. The van der Waals surface area contributed by atoms with Crippen molar-refractivity contribution in [3.05, 3.63) is 5.89 Å². The summed E-state index contributed by atoms with van der Waals surface area (Å²) in [6.45, 7) is 4.10. The lowest BCUT2D eigenvalue weighted by atomic mass is 9.95. The van der Waals surface area contributed by atoms with E-state index in [1.54, 1.807) is 0 Å². The van der Waals surface area contributed by atoms with Crippen molar-refractivity contribution in [2.45, 2.75) is 38.7 Å². The van der Waals surface area contributed by atoms with Crippen molar-refractivity contribution in [2.75, 3.05) is 25.1 Å². The van der Waals surface area contributed by atoms with Crippen LogP contribution in [-0.4, -0.2) is 36.5 Å². The molecular formula is C13H21N3O2. The summed E-state index contributed by atoms with van der Waals surface area (Å²) < 4.78 is 11.3. The van der Waals surface area contributed by atoms with Gasteiger partial charge in [-0.25, -0.2) is 0 Å². The van der Waals surface area contributed by atoms with E-state index in [1.165, 1.54) is 12.8 Å². The molecule has 1 aliphatic carbocycles. The number of aromatic nitrogens is 2. The Hall–Kier alpha value is -1.10. The largest absolute Gasteiger partial charge is 0.408 e. The van der Waals surface area contributed by atoms with Crippen molar-refractivity contribution in [3.63, 3.8) is 0 Å². The van der Waals surface area contributed by atoms with Crippen molar-refractivity contribution in [3.8, 4) is 0 Å². The minimum atomic E-state index is 0.430. The second-order valence-corrected chi connectivity index (χ2v) is 5.43. The average Bonchev–Trinajstić information content (AvgIpc) is 2.93. The lowest BCUT2D eigenvalue weighted by Crippen LogP contribution is -2.45. The molecule has 5 heteroatoms. The number of anilines is 1. The molecule has 2 aliphatic rings. The number of rotatable bonds is 4. The first kappa shape index (κ1) is 12.0. The molecule has 3 atom stereocenters. The van der Waals surface area contributed by atoms with Crippen LogP contribution in [0.4, 0.5) is 6.01 Å². The van der Waals surface area contributed by atoms with Crippen LogP contribution in [0.1, 0.15) is 32.1 Å². The highest BCUT2D eigenvalue weighted by atomic mass is 16.5. The first-order valence-corrected chi connectivity index (χ1v) is 6.92. The maximum Gasteiger partial charge on any atom is 0.318 e. The fraction of sp³-hybridized carbons (Fsp3) is 0.846. The molecule has 0 N–H and O–H groups in total. The summed E-state index contributed by atoms with van der Waals surface area (Å²) in [7, 11) is 1.83. The average molecular weight is 251 g/mol. The topological polar surface area (TPSA) is 51.4 Å². The SMILES string of the molecule is CCCc1nnc(N2C[C@H]3CC[C@@H](C2)C3OC)o1. The van der Waals surface area contributed by atoms with Crippen LogP contribution in [-0.2, 0) is 11.2 Å². The highest BCUT2D eigenvalue weighted by Gasteiger charge is 2.43. The van der Waals surface area contributed by atoms with E-state index >= 15 is 0 Å². The van der Waals surface area contributed by atoms with E-state index in [0.29, 0.717) is 24.0 Å². The number of aryl methyl sites for hydroxylation is 1. The van der Waals surface area contributed by atoms with E-state index in [2.05, 4.69) is 22.0 Å². The Bertz CT molecular complexity index is 393. The Morgan fingerprint density at radius 2 is 2.00 bits per heavy atom. The second-order valence-electron chi connectivity index (χ2n) is 5.43. The van der Waals surface area contributed by atoms with Crippen LogP contribution in [0.3, 0.4) is 0 Å². The van der Waals surface area contributed by atoms with Crippen molar-refractivity contribution >= 4 is 6.01 Å². The smallest absolute Gasteiger partial charge is 0.318 e. The zero-order valence-electron chi connectivity index (χ0n) is 11.1. The fourth-order valence-electron chi connectivity index (χ4n) is 3.40. The number of hydrogen-bond donors (Lipinski definition) is 0. The molecule has 1 saturated heterocycles. The molecule has 2 fully saturated rings. The van der Waals surface area contributed by atoms with Crippen molar-refractivity contribution < 1.29 is 9.15 Å². The van der Waals surface area contributed by atoms with Gasteiger partial charge in [0, 0.05) is 38.5 Å². The van der Waals surface area contributed by atoms with Gasteiger partial charge in [0.05, 0.1) is 6.10 Å². The van der Waals surface area contributed by atoms with Gasteiger partial charge in [-0.05, 0) is 19.3 Å². The Morgan fingerprint density at radius 3 is 2.61 bits per heavy atom. The number of nitrogens with zero attached hydrogens (tertiary/aromatic N) is 3. The summed E-state index contributed by atoms with van der Waals surface area (Å²) in [5.74, 6) is 2.00. The van der Waals surface area contributed by atoms with Gasteiger partial charge in [-0.3, -0.25) is 0 Å². The first-order valence-electron chi connectivity index (χ1n) is 6.92. The minimum Gasteiger partial charge on any atom is -0.408 e. The van der Waals surface area contributed by atoms with Crippen LogP contribution in [0.2, 0.25) is 0 Å². The summed E-state index contributed by atoms with van der Waals surface area (Å²) in [5, 5.41) is 8.28. The van der Waals surface area contributed by atoms with E-state index in [0.717, 1.165) is 31.8 Å². The molecule has 2 heterocycles. The standard InChI is InChI=1S/C13H21N3O2/c1-3-4-11-14-15-13(18-11)16-7-9-5-6-10(8-16)12(9)17-2/h9-10,12H,3-8H2,1-2H3/t9-,10+,12?. The second kappa shape index (κ2) is 4.88. The molecule has 0 amide bonds. The zero-order chi connectivity index (χ0) is 12.5. The Kier molecular flexibility index (Phi) is 3.24. The molecule has 2 bridgehead atoms. The van der Waals surface area contributed by atoms with Crippen molar-refractivity contribution in [1.82, 2.24) is 10.2 Å². The van der Waals surface area contributed by atoms with Crippen LogP contribution in [0.25, 0.3) is 0 Å². The van der Waals surface area contributed by atoms with Gasteiger partial charge < -0.3 is 14.1 Å². The summed E-state index contributed by atoms with van der Waals surface area (Å²) >= 11 is 0. The molecule has 18 heavy (non-hydrogen) atoms. The Labute approximate surface area is 108 Å². The molecule has 100 valence electrons. The number of ether oxygens (including phenoxy) is 1. The molecular weight excluding hydrogens is 230 g/mol. The fourth-order valence-corrected chi connectivity index (χ4v) is 3.40. The third-order valence-corrected chi connectivity index (χ3v) is 4.21. The molecule has 1 aliphatic heterocycles. The van der Waals surface area contributed by atoms with E-state index in [9.17, 15) is 0 Å². The third-order valence-electron chi connectivity index (χ3n) is 4.21. The number of hydrogen-bond acceptors (Lipinski definition) is 5. The maximum atomic E-state index is 5.72. The van der Waals surface area contributed by atoms with E-state index in [4.69, 9.17) is 9.15 Å². The molecule has 1 aromatic rings. The summed E-state index contributed by atoms with van der Waals surface area (Å²) in [4.78, 5) is 2.24. The molecule has 0 spiro atoms. The van der Waals surface area contributed by atoms with Gasteiger partial charge in [-0.2, -0.15) is 0 Å². The Morgan fingerprint density at radius 1 is 1.28 bits per heavy atom. The van der Waals surface area contributed by atoms with Gasteiger partial charge in [0.25, 0.3) is 0 Å². The van der Waals surface area contributed by atoms with Gasteiger partial charge in [-0.1, -0.05) is 12.0 Å². The highest BCUT2D eigenvalue weighted by molar-refractivity contribution is 5.27. The van der Waals surface area contributed by atoms with Crippen molar-refractivity contribution in [2.24, 2.45) is 11.8 Å². The molecule has 1 unspecified atom stereocenters. The summed E-state index contributed by atoms with van der Waals surface area (Å²) in [6, 6.07) is 0.699. The van der Waals surface area contributed by atoms with E-state index < -0.39 is 0 Å². The van der Waals surface area contributed by atoms with Gasteiger partial charge in [-0.15, -0.1) is 5.10 Å². The lowest BCUT2D eigenvalue weighted by molar-refractivity contribution is 0.0286. The monoisotopic (exact) mass is 251 g/mol. The van der Waals surface area contributed by atoms with E-state index in [-0.39, 0.29) is 0 Å². The number of fused-ring (bicyclic) bond motifs is 2.